The molecular formula is C21H32N2O4S. The number of nitrogens with one attached hydrogen (secondary N) is 1. The fraction of sp³-hybridized carbons (Fsp3) is 0.714. The molecule has 2 bridgehead atoms. The maximum Gasteiger partial charge on any atom is 0.209 e. The minimum absolute atomic E-state index is 0.0852. The summed E-state index contributed by atoms with van der Waals surface area (Å²) in [6.45, 7) is 2.51. The molecule has 0 amide bonds. The summed E-state index contributed by atoms with van der Waals surface area (Å²) in [4.78, 5) is 2.27. The largest absolute Gasteiger partial charge is 0.492 e. The van der Waals surface area contributed by atoms with Crippen LogP contribution in [0.5, 0.6) is 5.75 Å². The molecule has 1 saturated carbocycles. The zero-order valence-electron chi connectivity index (χ0n) is 17.6. The minimum atomic E-state index is -3.31. The van der Waals surface area contributed by atoms with Crippen molar-refractivity contribution in [3.05, 3.63) is 29.8 Å². The fourth-order valence-corrected chi connectivity index (χ4v) is 5.68. The Labute approximate surface area is 170 Å². The average molecular weight is 410 g/mol. The molecule has 6 nitrogen and oxygen atoms in total. The van der Waals surface area contributed by atoms with Gasteiger partial charge in [0.2, 0.25) is 10.0 Å². The van der Waals surface area contributed by atoms with Crippen molar-refractivity contribution >= 4 is 10.0 Å². The molecular weight excluding hydrogens is 376 g/mol. The quantitative estimate of drug-likeness (QED) is 0.813. The topological polar surface area (TPSA) is 67.9 Å². The molecule has 0 radical (unpaired) electrons. The Morgan fingerprint density at radius 3 is 2.71 bits per heavy atom. The molecule has 7 heteroatoms. The number of hydrogen-bond donors (Lipinski definition) is 1. The number of fused-ring (bicyclic) bond motifs is 5. The van der Waals surface area contributed by atoms with Crippen LogP contribution >= 0.6 is 0 Å². The second-order valence-corrected chi connectivity index (χ2v) is 10.0. The third kappa shape index (κ3) is 4.87. The van der Waals surface area contributed by atoms with Crippen LogP contribution < -0.4 is 9.46 Å². The lowest BCUT2D eigenvalue weighted by molar-refractivity contribution is -0.0284. The molecule has 156 valence electrons. The van der Waals surface area contributed by atoms with Crippen LogP contribution in [0.2, 0.25) is 0 Å². The Hall–Kier alpha value is -1.15. The second kappa shape index (κ2) is 8.69. The van der Waals surface area contributed by atoms with Gasteiger partial charge in [-0.1, -0.05) is 18.2 Å². The Bertz CT molecular complexity index is 811. The summed E-state index contributed by atoms with van der Waals surface area (Å²) >= 11 is 0. The first-order valence-corrected chi connectivity index (χ1v) is 12.3. The van der Waals surface area contributed by atoms with Crippen LogP contribution in [-0.2, 0) is 14.8 Å². The predicted molar refractivity (Wildman–Crippen MR) is 109 cm³/mol. The molecule has 1 N–H and O–H groups in total. The van der Waals surface area contributed by atoms with Crippen LogP contribution in [0.3, 0.4) is 0 Å². The molecule has 2 fully saturated rings. The lowest BCUT2D eigenvalue weighted by Crippen LogP contribution is -2.58. The maximum absolute atomic E-state index is 11.9. The van der Waals surface area contributed by atoms with Crippen molar-refractivity contribution in [1.82, 2.24) is 9.62 Å². The smallest absolute Gasteiger partial charge is 0.209 e. The standard InChI is InChI=1S/C21H32N2O4S/c1-28(24,25)22-19-6-4-12-23-13-14-26-21-7-3-2-5-18(21)16-8-10-17(11-9-16)27-15-20(19)23/h2-3,5,7,16-17,19-20,22H,4,6,8-15H2,1H3/t16?,17?,19-,20?/m0/s1/i17D. The molecule has 4 aliphatic rings. The van der Waals surface area contributed by atoms with Crippen LogP contribution in [0.15, 0.2) is 24.3 Å². The summed E-state index contributed by atoms with van der Waals surface area (Å²) in [6.07, 6.45) is 5.21. The third-order valence-electron chi connectivity index (χ3n) is 6.26. The van der Waals surface area contributed by atoms with E-state index in [2.05, 4.69) is 21.8 Å². The first-order valence-electron chi connectivity index (χ1n) is 10.9. The van der Waals surface area contributed by atoms with Gasteiger partial charge in [0, 0.05) is 18.6 Å². The van der Waals surface area contributed by atoms with E-state index in [1.54, 1.807) is 0 Å². The van der Waals surface area contributed by atoms with Gasteiger partial charge in [-0.05, 0) is 62.6 Å². The highest BCUT2D eigenvalue weighted by Gasteiger charge is 2.35. The Balaban J connectivity index is 1.59. The lowest BCUT2D eigenvalue weighted by Gasteiger charge is -2.41. The number of rotatable bonds is 2. The lowest BCUT2D eigenvalue weighted by atomic mass is 9.82. The summed E-state index contributed by atoms with van der Waals surface area (Å²) in [6, 6.07) is 7.96. The van der Waals surface area contributed by atoms with E-state index in [0.29, 0.717) is 38.5 Å². The van der Waals surface area contributed by atoms with Crippen LogP contribution in [0, 0.1) is 0 Å². The van der Waals surface area contributed by atoms with Gasteiger partial charge in [0.05, 0.1) is 20.3 Å². The van der Waals surface area contributed by atoms with Crippen molar-refractivity contribution in [3.8, 4) is 5.75 Å². The van der Waals surface area contributed by atoms with Gasteiger partial charge in [-0.3, -0.25) is 4.90 Å². The van der Waals surface area contributed by atoms with Crippen molar-refractivity contribution in [2.75, 3.05) is 32.6 Å². The molecule has 5 rings (SSSR count). The summed E-state index contributed by atoms with van der Waals surface area (Å²) in [5, 5.41) is 0. The van der Waals surface area contributed by atoms with Gasteiger partial charge in [0.1, 0.15) is 12.4 Å². The monoisotopic (exact) mass is 409 g/mol. The molecule has 1 aromatic rings. The highest BCUT2D eigenvalue weighted by molar-refractivity contribution is 7.88. The van der Waals surface area contributed by atoms with E-state index in [9.17, 15) is 8.42 Å². The maximum atomic E-state index is 11.9. The van der Waals surface area contributed by atoms with Gasteiger partial charge in [-0.25, -0.2) is 13.1 Å². The second-order valence-electron chi connectivity index (χ2n) is 8.25. The van der Waals surface area contributed by atoms with Gasteiger partial charge < -0.3 is 9.47 Å². The zero-order valence-corrected chi connectivity index (χ0v) is 17.4. The molecule has 28 heavy (non-hydrogen) atoms. The van der Waals surface area contributed by atoms with E-state index < -0.39 is 16.1 Å². The first kappa shape index (κ1) is 18.9. The van der Waals surface area contributed by atoms with E-state index in [1.165, 1.54) is 11.8 Å². The van der Waals surface area contributed by atoms with Crippen LogP contribution in [0.1, 0.15) is 51.4 Å². The summed E-state index contributed by atoms with van der Waals surface area (Å²) in [7, 11) is -3.31. The highest BCUT2D eigenvalue weighted by atomic mass is 32.2. The number of para-hydroxylation sites is 1. The molecule has 1 unspecified atom stereocenters. The van der Waals surface area contributed by atoms with Crippen molar-refractivity contribution in [2.24, 2.45) is 0 Å². The molecule has 1 aliphatic carbocycles. The molecule has 3 aliphatic heterocycles. The molecule has 0 spiro atoms. The van der Waals surface area contributed by atoms with Crippen molar-refractivity contribution in [1.29, 1.82) is 0 Å². The molecule has 3 heterocycles. The van der Waals surface area contributed by atoms with Crippen molar-refractivity contribution < 1.29 is 19.3 Å². The van der Waals surface area contributed by atoms with E-state index in [1.807, 2.05) is 12.1 Å². The predicted octanol–water partition coefficient (Wildman–Crippen LogP) is 2.50. The Morgan fingerprint density at radius 1 is 1.14 bits per heavy atom. The third-order valence-corrected chi connectivity index (χ3v) is 6.99. The summed E-state index contributed by atoms with van der Waals surface area (Å²) in [5.41, 5.74) is 1.24. The summed E-state index contributed by atoms with van der Waals surface area (Å²) in [5.74, 6) is 1.34. The zero-order chi connectivity index (χ0) is 20.5. The average Bonchev–Trinajstić information content (AvgIpc) is 2.68. The SMILES string of the molecule is [2H]C12CCC(CC1)c1ccccc1OCCN1CCC[C@H](NS(C)(=O)=O)C1CO2. The number of benzene rings is 1. The minimum Gasteiger partial charge on any atom is -0.492 e. The van der Waals surface area contributed by atoms with Crippen LogP contribution in [0.25, 0.3) is 0 Å². The first-order chi connectivity index (χ1) is 13.8. The van der Waals surface area contributed by atoms with E-state index in [0.717, 1.165) is 38.0 Å². The van der Waals surface area contributed by atoms with Gasteiger partial charge in [0.25, 0.3) is 0 Å². The number of sulfonamides is 1. The highest BCUT2D eigenvalue weighted by Crippen LogP contribution is 2.38. The van der Waals surface area contributed by atoms with E-state index in [-0.39, 0.29) is 12.1 Å². The van der Waals surface area contributed by atoms with Gasteiger partial charge >= 0.3 is 0 Å². The Morgan fingerprint density at radius 2 is 1.93 bits per heavy atom. The van der Waals surface area contributed by atoms with Crippen molar-refractivity contribution in [2.45, 2.75) is 62.6 Å². The van der Waals surface area contributed by atoms with E-state index in [4.69, 9.17) is 10.8 Å². The number of piperidine rings is 1. The van der Waals surface area contributed by atoms with Crippen LogP contribution in [0.4, 0.5) is 0 Å². The Kier molecular flexibility index (Phi) is 5.85. The van der Waals surface area contributed by atoms with Gasteiger partial charge in [-0.15, -0.1) is 0 Å². The molecule has 2 atom stereocenters. The van der Waals surface area contributed by atoms with E-state index >= 15 is 0 Å². The number of ether oxygens (including phenoxy) is 2. The number of nitrogens with zero attached hydrogens (tertiary/aromatic N) is 1. The van der Waals surface area contributed by atoms with Crippen molar-refractivity contribution in [3.63, 3.8) is 0 Å². The molecule has 1 saturated heterocycles. The van der Waals surface area contributed by atoms with Gasteiger partial charge in [0.15, 0.2) is 0 Å². The van der Waals surface area contributed by atoms with Gasteiger partial charge in [-0.2, -0.15) is 0 Å². The van der Waals surface area contributed by atoms with Crippen LogP contribution in [-0.4, -0.2) is 64.0 Å². The normalized spacial score (nSPS) is 35.3. The molecule has 0 aromatic heterocycles. The molecule has 1 aromatic carbocycles. The number of hydrogen-bond acceptors (Lipinski definition) is 5. The summed E-state index contributed by atoms with van der Waals surface area (Å²) < 4.78 is 47.8. The fourth-order valence-electron chi connectivity index (χ4n) is 4.86.